The highest BCUT2D eigenvalue weighted by Gasteiger charge is 2.22. The van der Waals surface area contributed by atoms with Crippen LogP contribution < -0.4 is 0 Å². The van der Waals surface area contributed by atoms with E-state index in [0.29, 0.717) is 0 Å². The third-order valence-corrected chi connectivity index (χ3v) is 1.51. The zero-order valence-electron chi connectivity index (χ0n) is 6.37. The average Bonchev–Trinajstić information content (AvgIpc) is 2.20. The van der Waals surface area contributed by atoms with Crippen LogP contribution in [0, 0.1) is 5.92 Å². The number of hydrogen-bond acceptors (Lipinski definition) is 2. The summed E-state index contributed by atoms with van der Waals surface area (Å²) in [4.78, 5) is 11.1. The zero-order valence-corrected chi connectivity index (χ0v) is 6.37. The van der Waals surface area contributed by atoms with E-state index in [1.165, 1.54) is 5.01 Å². The van der Waals surface area contributed by atoms with Crippen molar-refractivity contribution in [2.75, 3.05) is 6.54 Å². The molecule has 0 bridgehead atoms. The monoisotopic (exact) mass is 140 g/mol. The Morgan fingerprint density at radius 3 is 2.90 bits per heavy atom. The van der Waals surface area contributed by atoms with E-state index in [1.807, 2.05) is 13.8 Å². The Labute approximate surface area is 60.7 Å². The van der Waals surface area contributed by atoms with E-state index in [9.17, 15) is 4.79 Å². The average molecular weight is 140 g/mol. The number of hydrazone groups is 1. The molecule has 3 heteroatoms. The van der Waals surface area contributed by atoms with Crippen LogP contribution in [0.2, 0.25) is 0 Å². The largest absolute Gasteiger partial charge is 0.272 e. The minimum Gasteiger partial charge on any atom is -0.272 e. The third kappa shape index (κ3) is 1.17. The normalized spacial score (nSPS) is 24.4. The van der Waals surface area contributed by atoms with Crippen molar-refractivity contribution < 1.29 is 4.79 Å². The summed E-state index contributed by atoms with van der Waals surface area (Å²) in [7, 11) is 0. The van der Waals surface area contributed by atoms with Crippen molar-refractivity contribution in [2.45, 2.75) is 20.3 Å². The molecule has 3 nitrogen and oxygen atoms in total. The lowest BCUT2D eigenvalue weighted by atomic mass is 10.2. The molecule has 1 unspecified atom stereocenters. The van der Waals surface area contributed by atoms with Crippen LogP contribution in [0.5, 0.6) is 0 Å². The smallest absolute Gasteiger partial charge is 0.250 e. The van der Waals surface area contributed by atoms with Gasteiger partial charge in [-0.1, -0.05) is 6.92 Å². The van der Waals surface area contributed by atoms with Gasteiger partial charge in [0.15, 0.2) is 0 Å². The van der Waals surface area contributed by atoms with Crippen LogP contribution in [0.1, 0.15) is 20.3 Å². The van der Waals surface area contributed by atoms with E-state index in [-0.39, 0.29) is 11.8 Å². The van der Waals surface area contributed by atoms with Gasteiger partial charge in [-0.15, -0.1) is 0 Å². The molecule has 0 N–H and O–H groups in total. The second-order valence-corrected chi connectivity index (χ2v) is 2.51. The number of hydrogen-bond donors (Lipinski definition) is 0. The van der Waals surface area contributed by atoms with E-state index in [0.717, 1.165) is 13.0 Å². The fraction of sp³-hybridized carbons (Fsp3) is 0.714. The van der Waals surface area contributed by atoms with E-state index >= 15 is 0 Å². The second kappa shape index (κ2) is 2.82. The van der Waals surface area contributed by atoms with E-state index in [4.69, 9.17) is 0 Å². The minimum absolute atomic E-state index is 0.00782. The molecule has 1 atom stereocenters. The van der Waals surface area contributed by atoms with Crippen molar-refractivity contribution in [1.29, 1.82) is 0 Å². The molecule has 1 heterocycles. The summed E-state index contributed by atoms with van der Waals surface area (Å²) in [5.74, 6) is 0.119. The molecular weight excluding hydrogens is 128 g/mol. The van der Waals surface area contributed by atoms with Crippen LogP contribution in [0.4, 0.5) is 0 Å². The van der Waals surface area contributed by atoms with Crippen molar-refractivity contribution in [3.8, 4) is 0 Å². The first-order chi connectivity index (χ1) is 4.75. The number of amides is 1. The second-order valence-electron chi connectivity index (χ2n) is 2.51. The van der Waals surface area contributed by atoms with Crippen LogP contribution >= 0.6 is 0 Å². The Bertz CT molecular complexity index is 165. The van der Waals surface area contributed by atoms with Gasteiger partial charge in [0, 0.05) is 12.8 Å². The first kappa shape index (κ1) is 7.25. The summed E-state index contributed by atoms with van der Waals surface area (Å²) in [5, 5.41) is 5.48. The zero-order chi connectivity index (χ0) is 7.56. The van der Waals surface area contributed by atoms with Crippen molar-refractivity contribution in [3.05, 3.63) is 0 Å². The highest BCUT2D eigenvalue weighted by Crippen LogP contribution is 2.08. The van der Waals surface area contributed by atoms with Crippen LogP contribution in [-0.4, -0.2) is 23.7 Å². The van der Waals surface area contributed by atoms with Crippen LogP contribution in [0.3, 0.4) is 0 Å². The molecule has 0 aromatic rings. The fourth-order valence-corrected chi connectivity index (χ4v) is 0.916. The van der Waals surface area contributed by atoms with Gasteiger partial charge >= 0.3 is 0 Å². The summed E-state index contributed by atoms with van der Waals surface area (Å²) >= 11 is 0. The molecule has 0 saturated carbocycles. The summed E-state index contributed by atoms with van der Waals surface area (Å²) in [6, 6.07) is 0. The Kier molecular flexibility index (Phi) is 2.04. The topological polar surface area (TPSA) is 32.7 Å². The minimum atomic E-state index is -0.00782. The van der Waals surface area contributed by atoms with Gasteiger partial charge in [-0.05, 0) is 13.3 Å². The van der Waals surface area contributed by atoms with Gasteiger partial charge in [-0.3, -0.25) is 4.79 Å². The van der Waals surface area contributed by atoms with E-state index in [1.54, 1.807) is 6.21 Å². The molecule has 56 valence electrons. The molecule has 0 aromatic carbocycles. The molecule has 0 saturated heterocycles. The van der Waals surface area contributed by atoms with Gasteiger partial charge < -0.3 is 0 Å². The molecule has 10 heavy (non-hydrogen) atoms. The molecule has 1 amide bonds. The Hall–Kier alpha value is -0.860. The third-order valence-electron chi connectivity index (χ3n) is 1.51. The SMILES string of the molecule is CCCN1N=CC(C)C1=O. The van der Waals surface area contributed by atoms with Gasteiger partial charge in [0.1, 0.15) is 0 Å². The maximum atomic E-state index is 11.1. The standard InChI is InChI=1S/C7H12N2O/c1-3-4-9-7(10)6(2)5-8-9/h5-6H,3-4H2,1-2H3. The van der Waals surface area contributed by atoms with Crippen molar-refractivity contribution in [3.63, 3.8) is 0 Å². The number of carbonyl (C=O) groups is 1. The molecular formula is C7H12N2O. The first-order valence-corrected chi connectivity index (χ1v) is 3.61. The van der Waals surface area contributed by atoms with Gasteiger partial charge in [0.25, 0.3) is 5.91 Å². The molecule has 1 aliphatic rings. The predicted molar refractivity (Wildman–Crippen MR) is 39.7 cm³/mol. The van der Waals surface area contributed by atoms with E-state index in [2.05, 4.69) is 5.10 Å². The number of nitrogens with zero attached hydrogens (tertiary/aromatic N) is 2. The van der Waals surface area contributed by atoms with Crippen LogP contribution in [0.15, 0.2) is 5.10 Å². The summed E-state index contributed by atoms with van der Waals surface area (Å²) in [6.45, 7) is 4.65. The molecule has 0 aromatic heterocycles. The van der Waals surface area contributed by atoms with Crippen LogP contribution in [-0.2, 0) is 4.79 Å². The molecule has 1 aliphatic heterocycles. The number of carbonyl (C=O) groups excluding carboxylic acids is 1. The van der Waals surface area contributed by atoms with Gasteiger partial charge in [-0.2, -0.15) is 5.10 Å². The Morgan fingerprint density at radius 1 is 1.80 bits per heavy atom. The lowest BCUT2D eigenvalue weighted by Gasteiger charge is -2.10. The lowest BCUT2D eigenvalue weighted by Crippen LogP contribution is -2.25. The summed E-state index contributed by atoms with van der Waals surface area (Å²) in [6.07, 6.45) is 2.66. The maximum absolute atomic E-state index is 11.1. The van der Waals surface area contributed by atoms with Crippen molar-refractivity contribution >= 4 is 12.1 Å². The highest BCUT2D eigenvalue weighted by atomic mass is 16.2. The summed E-state index contributed by atoms with van der Waals surface area (Å²) < 4.78 is 0. The van der Waals surface area contributed by atoms with Gasteiger partial charge in [0.2, 0.25) is 0 Å². The first-order valence-electron chi connectivity index (χ1n) is 3.61. The number of rotatable bonds is 2. The maximum Gasteiger partial charge on any atom is 0.250 e. The molecule has 0 radical (unpaired) electrons. The molecule has 0 fully saturated rings. The Morgan fingerprint density at radius 2 is 2.50 bits per heavy atom. The summed E-state index contributed by atoms with van der Waals surface area (Å²) in [5.41, 5.74) is 0. The Balaban J connectivity index is 2.50. The quantitative estimate of drug-likeness (QED) is 0.560. The molecule has 0 spiro atoms. The van der Waals surface area contributed by atoms with Crippen LogP contribution in [0.25, 0.3) is 0 Å². The van der Waals surface area contributed by atoms with Gasteiger partial charge in [-0.25, -0.2) is 5.01 Å². The lowest BCUT2D eigenvalue weighted by molar-refractivity contribution is -0.131. The van der Waals surface area contributed by atoms with E-state index < -0.39 is 0 Å². The van der Waals surface area contributed by atoms with Gasteiger partial charge in [0.05, 0.1) is 5.92 Å². The highest BCUT2D eigenvalue weighted by molar-refractivity contribution is 5.96. The molecule has 0 aliphatic carbocycles. The fourth-order valence-electron chi connectivity index (χ4n) is 0.916. The van der Waals surface area contributed by atoms with Crippen molar-refractivity contribution in [2.24, 2.45) is 11.0 Å². The molecule has 1 rings (SSSR count). The van der Waals surface area contributed by atoms with Crippen molar-refractivity contribution in [1.82, 2.24) is 5.01 Å². The predicted octanol–water partition coefficient (Wildman–Crippen LogP) is 0.861.